The summed E-state index contributed by atoms with van der Waals surface area (Å²) in [7, 11) is -7.48. The fourth-order valence-electron chi connectivity index (χ4n) is 1.31. The molecule has 1 unspecified atom stereocenters. The number of aromatic nitrogens is 1. The van der Waals surface area contributed by atoms with Gasteiger partial charge in [-0.05, 0) is 6.07 Å². The zero-order valence-corrected chi connectivity index (χ0v) is 9.85. The highest BCUT2D eigenvalue weighted by Crippen LogP contribution is 2.44. The molecule has 2 aromatic rings. The van der Waals surface area contributed by atoms with Crippen LogP contribution >= 0.6 is 7.82 Å². The predicted octanol–water partition coefficient (Wildman–Crippen LogP) is -0.250. The molecule has 0 saturated carbocycles. The van der Waals surface area contributed by atoms with Gasteiger partial charge in [-0.15, -0.1) is 0 Å². The van der Waals surface area contributed by atoms with Gasteiger partial charge in [0, 0.05) is 17.0 Å². The van der Waals surface area contributed by atoms with Gasteiger partial charge in [0.15, 0.2) is 0 Å². The first-order valence-electron chi connectivity index (χ1n) is 4.32. The summed E-state index contributed by atoms with van der Waals surface area (Å²) in [6, 6.07) is 8.48. The van der Waals surface area contributed by atoms with Gasteiger partial charge < -0.3 is 18.8 Å². The Morgan fingerprint density at radius 2 is 2.06 bits per heavy atom. The van der Waals surface area contributed by atoms with Crippen LogP contribution in [-0.2, 0) is 8.64 Å². The first-order valence-corrected chi connectivity index (χ1v) is 6.74. The van der Waals surface area contributed by atoms with Crippen LogP contribution in [0.2, 0.25) is 0 Å². The molecule has 0 aliphatic carbocycles. The van der Waals surface area contributed by atoms with E-state index in [1.54, 1.807) is 24.3 Å². The van der Waals surface area contributed by atoms with E-state index in [2.05, 4.69) is 13.6 Å². The summed E-state index contributed by atoms with van der Waals surface area (Å²) in [5.74, 6) is -0.0592. The molecule has 1 aromatic heterocycles. The number of H-pyrrole nitrogens is 1. The highest BCUT2D eigenvalue weighted by atomic mass is 35.6. The molecule has 0 saturated heterocycles. The third-order valence-corrected chi connectivity index (χ3v) is 3.44. The van der Waals surface area contributed by atoms with Crippen LogP contribution in [0, 0.1) is 10.8 Å². The number of benzene rings is 1. The van der Waals surface area contributed by atoms with Crippen LogP contribution in [0.25, 0.3) is 10.9 Å². The van der Waals surface area contributed by atoms with Crippen LogP contribution in [0.4, 0.5) is 0 Å². The zero-order valence-electron chi connectivity index (χ0n) is 8.20. The average Bonchev–Trinajstić information content (AvgIpc) is 2.55. The molecular weight excluding hydrogens is 273 g/mol. The molecule has 0 bridgehead atoms. The third-order valence-electron chi connectivity index (χ3n) is 1.86. The number of phosphoric acid groups is 1. The van der Waals surface area contributed by atoms with Gasteiger partial charge in [-0.2, -0.15) is 0 Å². The average molecular weight is 280 g/mol. The Bertz CT molecular complexity index is 537. The molecule has 0 aliphatic heterocycles. The van der Waals surface area contributed by atoms with E-state index in [1.807, 2.05) is 0 Å². The lowest BCUT2D eigenvalue weighted by Crippen LogP contribution is -2.33. The third kappa shape index (κ3) is 3.19. The van der Waals surface area contributed by atoms with Gasteiger partial charge in [-0.3, -0.25) is 4.89 Å². The topological polar surface area (TPSA) is 118 Å². The molecular formula is C8H7ClNO6P. The van der Waals surface area contributed by atoms with Gasteiger partial charge in [0.1, 0.15) is 4.08 Å². The highest BCUT2D eigenvalue weighted by Gasteiger charge is 2.37. The second kappa shape index (κ2) is 4.66. The van der Waals surface area contributed by atoms with Gasteiger partial charge in [0.05, 0.1) is 0 Å². The second-order valence-electron chi connectivity index (χ2n) is 3.04. The molecule has 0 aliphatic rings. The Morgan fingerprint density at radius 3 is 2.71 bits per heavy atom. The number of rotatable bonds is 4. The Hall–Kier alpha value is -1.08. The smallest absolute Gasteiger partial charge is 0.382 e. The van der Waals surface area contributed by atoms with E-state index in [0.717, 1.165) is 5.39 Å². The number of phosphoric ester groups is 1. The van der Waals surface area contributed by atoms with Crippen LogP contribution < -0.4 is 13.8 Å². The van der Waals surface area contributed by atoms with Crippen molar-refractivity contribution in [1.29, 1.82) is 0 Å². The van der Waals surface area contributed by atoms with Crippen LogP contribution in [0.15, 0.2) is 30.3 Å². The van der Waals surface area contributed by atoms with E-state index in [0.29, 0.717) is 5.52 Å². The Balaban J connectivity index is 2.21. The van der Waals surface area contributed by atoms with Crippen molar-refractivity contribution in [2.24, 2.45) is 0 Å². The van der Waals surface area contributed by atoms with Crippen molar-refractivity contribution in [2.75, 3.05) is 0 Å². The molecule has 1 aromatic carbocycles. The molecule has 9 heteroatoms. The molecule has 0 radical (unpaired) electrons. The number of aromatic amines is 1. The van der Waals surface area contributed by atoms with Crippen molar-refractivity contribution >= 4 is 18.7 Å². The number of fused-ring (bicyclic) bond motifs is 1. The summed E-state index contributed by atoms with van der Waals surface area (Å²) < 4.78 is 39.6. The summed E-state index contributed by atoms with van der Waals surface area (Å²) in [6.07, 6.45) is 0. The summed E-state index contributed by atoms with van der Waals surface area (Å²) >= 11 is 0. The van der Waals surface area contributed by atoms with E-state index in [1.165, 1.54) is 6.07 Å². The van der Waals surface area contributed by atoms with Crippen LogP contribution in [0.1, 0.15) is 0 Å². The van der Waals surface area contributed by atoms with Gasteiger partial charge in [0.25, 0.3) is 0 Å². The second-order valence-corrected chi connectivity index (χ2v) is 5.09. The number of nitrogens with one attached hydrogen (secondary N) is 1. The lowest BCUT2D eigenvalue weighted by molar-refractivity contribution is -1.62. The van der Waals surface area contributed by atoms with E-state index in [-0.39, 0.29) is 5.88 Å². The standard InChI is InChI=1S/C8H7ClNO6P/c11-9(12)16-17(13,14)15-8-5-6-3-1-2-4-7(6)10-8/h1-5,10H,(H,13,14). The van der Waals surface area contributed by atoms with E-state index in [9.17, 15) is 13.9 Å². The maximum absolute atomic E-state index is 11.2. The Morgan fingerprint density at radius 1 is 1.35 bits per heavy atom. The number of para-hydroxylation sites is 1. The molecule has 7 nitrogen and oxygen atoms in total. The van der Waals surface area contributed by atoms with Crippen molar-refractivity contribution in [3.8, 4) is 5.88 Å². The minimum atomic E-state index is -4.69. The summed E-state index contributed by atoms with van der Waals surface area (Å²) in [5.41, 5.74) is 0.683. The van der Waals surface area contributed by atoms with Gasteiger partial charge in [0.2, 0.25) is 5.88 Å². The lowest BCUT2D eigenvalue weighted by atomic mass is 10.3. The van der Waals surface area contributed by atoms with Crippen molar-refractivity contribution in [3.05, 3.63) is 30.3 Å². The Labute approximate surface area is 98.6 Å². The quantitative estimate of drug-likeness (QED) is 0.745. The molecule has 17 heavy (non-hydrogen) atoms. The summed E-state index contributed by atoms with van der Waals surface area (Å²) in [4.78, 5) is 11.7. The normalized spacial score (nSPS) is 15.1. The molecule has 2 rings (SSSR count). The van der Waals surface area contributed by atoms with E-state index < -0.39 is 18.6 Å². The molecule has 0 amide bonds. The lowest BCUT2D eigenvalue weighted by Gasteiger charge is -2.03. The fourth-order valence-corrected chi connectivity index (χ4v) is 2.33. The zero-order chi connectivity index (χ0) is 12.5. The van der Waals surface area contributed by atoms with Crippen molar-refractivity contribution in [1.82, 2.24) is 4.98 Å². The molecule has 0 spiro atoms. The van der Waals surface area contributed by atoms with Crippen molar-refractivity contribution < 1.29 is 38.2 Å². The number of hydrogen-bond donors (Lipinski definition) is 2. The first-order chi connectivity index (χ1) is 7.96. The molecule has 1 heterocycles. The molecule has 2 N–H and O–H groups in total. The SMILES string of the molecule is O=P(O)(Oc1cc2ccccc2[nH]1)O[Cl+2]([O-])[O-]. The minimum absolute atomic E-state index is 0.0592. The van der Waals surface area contributed by atoms with Gasteiger partial charge in [-0.1, -0.05) is 18.2 Å². The Kier molecular flexibility index (Phi) is 3.39. The predicted molar refractivity (Wildman–Crippen MR) is 49.8 cm³/mol. The number of hydrogen-bond acceptors (Lipinski definition) is 5. The monoisotopic (exact) mass is 279 g/mol. The van der Waals surface area contributed by atoms with Crippen LogP contribution in [0.5, 0.6) is 5.88 Å². The summed E-state index contributed by atoms with van der Waals surface area (Å²) in [6.45, 7) is 0. The molecule has 92 valence electrons. The van der Waals surface area contributed by atoms with E-state index >= 15 is 0 Å². The highest BCUT2D eigenvalue weighted by molar-refractivity contribution is 7.47. The number of halogens is 1. The molecule has 0 fully saturated rings. The molecule has 1 atom stereocenters. The maximum atomic E-state index is 11.2. The van der Waals surface area contributed by atoms with E-state index in [4.69, 9.17) is 4.89 Å². The first kappa shape index (κ1) is 12.4. The van der Waals surface area contributed by atoms with Crippen LogP contribution in [0.3, 0.4) is 0 Å². The van der Waals surface area contributed by atoms with Crippen LogP contribution in [-0.4, -0.2) is 9.88 Å². The van der Waals surface area contributed by atoms with Crippen molar-refractivity contribution in [3.63, 3.8) is 0 Å². The summed E-state index contributed by atoms with van der Waals surface area (Å²) in [5, 5.41) is 0.752. The largest absolute Gasteiger partial charge is 0.631 e. The van der Waals surface area contributed by atoms with Gasteiger partial charge in [-0.25, -0.2) is 4.57 Å². The van der Waals surface area contributed by atoms with Gasteiger partial charge >= 0.3 is 18.6 Å². The maximum Gasteiger partial charge on any atom is 0.631 e. The van der Waals surface area contributed by atoms with Crippen molar-refractivity contribution in [2.45, 2.75) is 0 Å². The minimum Gasteiger partial charge on any atom is -0.382 e. The fraction of sp³-hybridized carbons (Fsp3) is 0.